The van der Waals surface area contributed by atoms with E-state index in [4.69, 9.17) is 9.72 Å². The molecule has 1 aromatic heterocycles. The number of aromatic nitrogens is 2. The van der Waals surface area contributed by atoms with Gasteiger partial charge in [0.1, 0.15) is 11.6 Å². The van der Waals surface area contributed by atoms with E-state index in [9.17, 15) is 0 Å². The minimum Gasteiger partial charge on any atom is -0.496 e. The Hall–Kier alpha value is -1.85. The lowest BCUT2D eigenvalue weighted by molar-refractivity contribution is 0.289. The predicted octanol–water partition coefficient (Wildman–Crippen LogP) is 4.10. The largest absolute Gasteiger partial charge is 0.496 e. The molecule has 3 rings (SSSR count). The highest BCUT2D eigenvalue weighted by Crippen LogP contribution is 2.31. The molecule has 148 valence electrons. The Morgan fingerprint density at radius 1 is 1.26 bits per heavy atom. The van der Waals surface area contributed by atoms with E-state index < -0.39 is 0 Å². The smallest absolute Gasteiger partial charge is 0.140 e. The van der Waals surface area contributed by atoms with Gasteiger partial charge in [0.25, 0.3) is 0 Å². The molecule has 0 aliphatic carbocycles. The summed E-state index contributed by atoms with van der Waals surface area (Å²) in [4.78, 5) is 7.13. The Morgan fingerprint density at radius 2 is 2.07 bits per heavy atom. The first-order chi connectivity index (χ1) is 13.2. The second-order valence-electron chi connectivity index (χ2n) is 7.38. The standard InChI is InChI=1S/C22H34N4O/c1-5-19-15-20(10-11-23-19)26-13-12-24-22(26)17-8-9-21(27-4)18(14-17)16-25(6-2)7-3/h8-9,12-14,19-20,23H,5-7,10-11,15-16H2,1-4H3/t19-,20+/m0/s1. The first-order valence-corrected chi connectivity index (χ1v) is 10.4. The second kappa shape index (κ2) is 9.38. The molecule has 1 aliphatic rings. The maximum Gasteiger partial charge on any atom is 0.140 e. The SMILES string of the molecule is CC[C@H]1C[C@H](n2ccnc2-c2ccc(OC)c(CN(CC)CC)c2)CCN1. The number of rotatable bonds is 8. The summed E-state index contributed by atoms with van der Waals surface area (Å²) in [5.41, 5.74) is 2.40. The van der Waals surface area contributed by atoms with Gasteiger partial charge in [0.05, 0.1) is 7.11 Å². The Bertz CT molecular complexity index is 723. The zero-order valence-corrected chi connectivity index (χ0v) is 17.2. The number of benzene rings is 1. The van der Waals surface area contributed by atoms with Gasteiger partial charge in [-0.25, -0.2) is 4.98 Å². The van der Waals surface area contributed by atoms with E-state index in [0.717, 1.165) is 44.2 Å². The van der Waals surface area contributed by atoms with Crippen molar-refractivity contribution in [3.8, 4) is 17.1 Å². The molecule has 1 aliphatic heterocycles. The van der Waals surface area contributed by atoms with Gasteiger partial charge < -0.3 is 14.6 Å². The van der Waals surface area contributed by atoms with Crippen LogP contribution in [0.25, 0.3) is 11.4 Å². The molecule has 1 fully saturated rings. The van der Waals surface area contributed by atoms with Crippen LogP contribution in [0.2, 0.25) is 0 Å². The van der Waals surface area contributed by atoms with E-state index in [2.05, 4.69) is 60.0 Å². The maximum absolute atomic E-state index is 5.62. The molecule has 1 saturated heterocycles. The van der Waals surface area contributed by atoms with Gasteiger partial charge in [0.2, 0.25) is 0 Å². The molecular formula is C22H34N4O. The summed E-state index contributed by atoms with van der Waals surface area (Å²) in [6, 6.07) is 7.61. The lowest BCUT2D eigenvalue weighted by atomic mass is 9.97. The molecule has 0 radical (unpaired) electrons. The van der Waals surface area contributed by atoms with Crippen LogP contribution in [0.1, 0.15) is 51.6 Å². The number of piperidine rings is 1. The van der Waals surface area contributed by atoms with Gasteiger partial charge in [-0.1, -0.05) is 20.8 Å². The molecule has 0 unspecified atom stereocenters. The van der Waals surface area contributed by atoms with Crippen LogP contribution in [0, 0.1) is 0 Å². The van der Waals surface area contributed by atoms with Crippen molar-refractivity contribution in [2.24, 2.45) is 0 Å². The van der Waals surface area contributed by atoms with Crippen LogP contribution < -0.4 is 10.1 Å². The van der Waals surface area contributed by atoms with Gasteiger partial charge in [-0.3, -0.25) is 4.90 Å². The zero-order chi connectivity index (χ0) is 19.2. The number of hydrogen-bond donors (Lipinski definition) is 1. The lowest BCUT2D eigenvalue weighted by Crippen LogP contribution is -2.38. The van der Waals surface area contributed by atoms with Crippen LogP contribution >= 0.6 is 0 Å². The van der Waals surface area contributed by atoms with E-state index >= 15 is 0 Å². The summed E-state index contributed by atoms with van der Waals surface area (Å²) in [5, 5.41) is 3.62. The van der Waals surface area contributed by atoms with Crippen molar-refractivity contribution in [3.63, 3.8) is 0 Å². The molecule has 27 heavy (non-hydrogen) atoms. The molecule has 2 heterocycles. The number of methoxy groups -OCH3 is 1. The highest BCUT2D eigenvalue weighted by Gasteiger charge is 2.24. The number of nitrogens with zero attached hydrogens (tertiary/aromatic N) is 3. The minimum atomic E-state index is 0.516. The van der Waals surface area contributed by atoms with Crippen molar-refractivity contribution in [2.45, 2.75) is 58.7 Å². The van der Waals surface area contributed by atoms with Gasteiger partial charge in [0.15, 0.2) is 0 Å². The molecule has 0 spiro atoms. The minimum absolute atomic E-state index is 0.516. The third-order valence-electron chi connectivity index (χ3n) is 5.85. The van der Waals surface area contributed by atoms with E-state index in [-0.39, 0.29) is 0 Å². The van der Waals surface area contributed by atoms with Crippen LogP contribution in [-0.2, 0) is 6.54 Å². The molecule has 2 atom stereocenters. The highest BCUT2D eigenvalue weighted by atomic mass is 16.5. The molecule has 0 bridgehead atoms. The summed E-state index contributed by atoms with van der Waals surface area (Å²) in [5.74, 6) is 2.02. The average molecular weight is 371 g/mol. The number of hydrogen-bond acceptors (Lipinski definition) is 4. The summed E-state index contributed by atoms with van der Waals surface area (Å²) in [6.07, 6.45) is 7.58. The highest BCUT2D eigenvalue weighted by molar-refractivity contribution is 5.59. The van der Waals surface area contributed by atoms with Crippen LogP contribution in [0.5, 0.6) is 5.75 Å². The quantitative estimate of drug-likeness (QED) is 0.759. The molecular weight excluding hydrogens is 336 g/mol. The second-order valence-corrected chi connectivity index (χ2v) is 7.38. The Balaban J connectivity index is 1.90. The maximum atomic E-state index is 5.62. The third kappa shape index (κ3) is 4.53. The molecule has 1 N–H and O–H groups in total. The van der Waals surface area contributed by atoms with Crippen LogP contribution in [0.15, 0.2) is 30.6 Å². The molecule has 1 aromatic carbocycles. The van der Waals surface area contributed by atoms with Gasteiger partial charge >= 0.3 is 0 Å². The lowest BCUT2D eigenvalue weighted by Gasteiger charge is -2.31. The van der Waals surface area contributed by atoms with Gasteiger partial charge in [-0.2, -0.15) is 0 Å². The van der Waals surface area contributed by atoms with Crippen molar-refractivity contribution in [1.29, 1.82) is 0 Å². The monoisotopic (exact) mass is 370 g/mol. The van der Waals surface area contributed by atoms with E-state index in [1.807, 2.05) is 6.20 Å². The topological polar surface area (TPSA) is 42.3 Å². The van der Waals surface area contributed by atoms with Crippen LogP contribution in [0.3, 0.4) is 0 Å². The fraction of sp³-hybridized carbons (Fsp3) is 0.591. The van der Waals surface area contributed by atoms with E-state index in [1.54, 1.807) is 7.11 Å². The summed E-state index contributed by atoms with van der Waals surface area (Å²) >= 11 is 0. The van der Waals surface area contributed by atoms with Crippen molar-refractivity contribution in [1.82, 2.24) is 19.8 Å². The van der Waals surface area contributed by atoms with Crippen molar-refractivity contribution in [2.75, 3.05) is 26.7 Å². The fourth-order valence-electron chi connectivity index (χ4n) is 4.11. The summed E-state index contributed by atoms with van der Waals surface area (Å²) in [7, 11) is 1.75. The van der Waals surface area contributed by atoms with Crippen molar-refractivity contribution in [3.05, 3.63) is 36.2 Å². The van der Waals surface area contributed by atoms with Gasteiger partial charge in [-0.05, 0) is 57.1 Å². The fourth-order valence-corrected chi connectivity index (χ4v) is 4.11. The predicted molar refractivity (Wildman–Crippen MR) is 111 cm³/mol. The molecule has 0 saturated carbocycles. The molecule has 0 amide bonds. The van der Waals surface area contributed by atoms with Crippen LogP contribution in [-0.4, -0.2) is 47.2 Å². The zero-order valence-electron chi connectivity index (χ0n) is 17.2. The Kier molecular flexibility index (Phi) is 6.91. The molecule has 5 nitrogen and oxygen atoms in total. The number of ether oxygens (including phenoxy) is 1. The first-order valence-electron chi connectivity index (χ1n) is 10.4. The van der Waals surface area contributed by atoms with Crippen molar-refractivity contribution >= 4 is 0 Å². The number of nitrogens with one attached hydrogen (secondary N) is 1. The van der Waals surface area contributed by atoms with E-state index in [0.29, 0.717) is 12.1 Å². The normalized spacial score (nSPS) is 20.2. The summed E-state index contributed by atoms with van der Waals surface area (Å²) < 4.78 is 8.00. The Morgan fingerprint density at radius 3 is 2.78 bits per heavy atom. The molecule has 2 aromatic rings. The van der Waals surface area contributed by atoms with E-state index in [1.165, 1.54) is 24.0 Å². The first kappa shape index (κ1) is 19.9. The van der Waals surface area contributed by atoms with Crippen molar-refractivity contribution < 1.29 is 4.74 Å². The van der Waals surface area contributed by atoms with Crippen LogP contribution in [0.4, 0.5) is 0 Å². The number of imidazole rings is 1. The molecule has 5 heteroatoms. The van der Waals surface area contributed by atoms with Gasteiger partial charge in [-0.15, -0.1) is 0 Å². The Labute approximate surface area is 163 Å². The van der Waals surface area contributed by atoms with Gasteiger partial charge in [0, 0.05) is 42.1 Å². The average Bonchev–Trinajstić information content (AvgIpc) is 3.21. The summed E-state index contributed by atoms with van der Waals surface area (Å²) in [6.45, 7) is 10.7. The third-order valence-corrected chi connectivity index (χ3v) is 5.85.